The minimum atomic E-state index is -0.996. The first-order valence-electron chi connectivity index (χ1n) is 9.16. The zero-order chi connectivity index (χ0) is 21.6. The van der Waals surface area contributed by atoms with E-state index in [1.165, 1.54) is 0 Å². The molecule has 6 nitrogen and oxygen atoms in total. The lowest BCUT2D eigenvalue weighted by Gasteiger charge is -2.32. The number of halogens is 2. The van der Waals surface area contributed by atoms with Crippen molar-refractivity contribution >= 4 is 40.8 Å². The molecule has 0 bridgehead atoms. The summed E-state index contributed by atoms with van der Waals surface area (Å²) in [5.74, 6) is -1.19. The number of aliphatic carboxylic acids is 1. The monoisotopic (exact) mass is 437 g/mol. The number of carboxylic acid groups (broad SMARTS) is 1. The number of hydrogen-bond donors (Lipinski definition) is 4. The summed E-state index contributed by atoms with van der Waals surface area (Å²) >= 11 is 12.3. The maximum absolute atomic E-state index is 12.5. The van der Waals surface area contributed by atoms with Crippen LogP contribution in [-0.2, 0) is 16.0 Å². The lowest BCUT2D eigenvalue weighted by Crippen LogP contribution is -2.41. The zero-order valence-corrected chi connectivity index (χ0v) is 18.1. The summed E-state index contributed by atoms with van der Waals surface area (Å²) in [7, 11) is 3.75. The van der Waals surface area contributed by atoms with Gasteiger partial charge in [-0.2, -0.15) is 0 Å². The van der Waals surface area contributed by atoms with Crippen LogP contribution in [0.1, 0.15) is 29.2 Å². The Kier molecular flexibility index (Phi) is 8.32. The molecule has 1 aliphatic heterocycles. The van der Waals surface area contributed by atoms with Gasteiger partial charge in [-0.3, -0.25) is 4.79 Å². The summed E-state index contributed by atoms with van der Waals surface area (Å²) in [4.78, 5) is 23.9. The van der Waals surface area contributed by atoms with Gasteiger partial charge in [0.25, 0.3) is 0 Å². The van der Waals surface area contributed by atoms with Crippen LogP contribution in [0, 0.1) is 6.92 Å². The maximum Gasteiger partial charge on any atom is 0.326 e. The number of hydrogen-bond acceptors (Lipinski definition) is 4. The van der Waals surface area contributed by atoms with Crippen molar-refractivity contribution in [2.75, 3.05) is 19.4 Å². The van der Waals surface area contributed by atoms with Gasteiger partial charge in [0.1, 0.15) is 6.04 Å². The largest absolute Gasteiger partial charge is 0.480 e. The molecule has 0 saturated carbocycles. The number of fused-ring (bicyclic) bond motifs is 1. The summed E-state index contributed by atoms with van der Waals surface area (Å²) in [6.07, 6.45) is 0.409. The van der Waals surface area contributed by atoms with E-state index in [0.29, 0.717) is 21.3 Å². The van der Waals surface area contributed by atoms with Crippen molar-refractivity contribution in [1.29, 1.82) is 0 Å². The fourth-order valence-electron chi connectivity index (χ4n) is 3.09. The molecule has 2 aromatic carbocycles. The number of carboxylic acids is 1. The number of rotatable bonds is 4. The number of anilines is 1. The van der Waals surface area contributed by atoms with Crippen LogP contribution < -0.4 is 16.0 Å². The molecule has 29 heavy (non-hydrogen) atoms. The maximum atomic E-state index is 12.5. The second-order valence-corrected chi connectivity index (χ2v) is 7.75. The van der Waals surface area contributed by atoms with Gasteiger partial charge in [0.2, 0.25) is 5.91 Å². The van der Waals surface area contributed by atoms with Gasteiger partial charge in [0.15, 0.2) is 0 Å². The van der Waals surface area contributed by atoms with Crippen molar-refractivity contribution in [3.8, 4) is 0 Å². The van der Waals surface area contributed by atoms with E-state index in [1.807, 2.05) is 45.3 Å². The molecular weight excluding hydrogens is 413 g/mol. The standard InChI is InChI=1S/C19H18Cl2N2O3.C2H7N/c1-10-2-4-11(5-3-10)6-17(24)23-15-9-16(19(25)26)22-14-8-12(20)7-13(21)18(14)15;1-3-2/h2-5,7-8,15-16,22H,6,9H2,1H3,(H,23,24)(H,25,26);3H,1-2H3. The Morgan fingerprint density at radius 1 is 1.17 bits per heavy atom. The number of carbonyl (C=O) groups is 2. The van der Waals surface area contributed by atoms with E-state index in [4.69, 9.17) is 23.2 Å². The SMILES string of the molecule is CNC.Cc1ccc(CC(=O)NC2CC(C(=O)O)Nc3cc(Cl)cc(Cl)c32)cc1. The number of amides is 1. The Bertz CT molecular complexity index is 872. The molecule has 0 fully saturated rings. The van der Waals surface area contributed by atoms with Crippen LogP contribution in [0.4, 0.5) is 5.69 Å². The number of carbonyl (C=O) groups excluding carboxylic acids is 1. The highest BCUT2D eigenvalue weighted by molar-refractivity contribution is 6.35. The van der Waals surface area contributed by atoms with Crippen molar-refractivity contribution in [3.05, 3.63) is 63.1 Å². The molecule has 0 spiro atoms. The third-order valence-corrected chi connectivity index (χ3v) is 4.89. The number of nitrogens with one attached hydrogen (secondary N) is 3. The molecule has 0 radical (unpaired) electrons. The van der Waals surface area contributed by atoms with E-state index in [1.54, 1.807) is 12.1 Å². The smallest absolute Gasteiger partial charge is 0.326 e. The first-order chi connectivity index (χ1) is 13.7. The molecule has 0 saturated heterocycles. The highest BCUT2D eigenvalue weighted by Gasteiger charge is 2.33. The third-order valence-electron chi connectivity index (χ3n) is 4.36. The van der Waals surface area contributed by atoms with Gasteiger partial charge in [-0.1, -0.05) is 53.0 Å². The van der Waals surface area contributed by atoms with Crippen molar-refractivity contribution in [2.45, 2.75) is 31.8 Å². The summed E-state index contributed by atoms with van der Waals surface area (Å²) in [6, 6.07) is 9.57. The van der Waals surface area contributed by atoms with Crippen LogP contribution >= 0.6 is 23.2 Å². The van der Waals surface area contributed by atoms with E-state index in [2.05, 4.69) is 16.0 Å². The van der Waals surface area contributed by atoms with Gasteiger partial charge in [-0.25, -0.2) is 4.79 Å². The van der Waals surface area contributed by atoms with Crippen LogP contribution in [0.15, 0.2) is 36.4 Å². The predicted molar refractivity (Wildman–Crippen MR) is 117 cm³/mol. The normalized spacial score (nSPS) is 17.3. The molecular formula is C21H25Cl2N3O3. The molecule has 4 N–H and O–H groups in total. The van der Waals surface area contributed by atoms with Gasteiger partial charge in [0.05, 0.1) is 12.5 Å². The predicted octanol–water partition coefficient (Wildman–Crippen LogP) is 3.81. The quantitative estimate of drug-likeness (QED) is 0.583. The van der Waals surface area contributed by atoms with E-state index < -0.39 is 18.1 Å². The van der Waals surface area contributed by atoms with Crippen molar-refractivity contribution in [1.82, 2.24) is 10.6 Å². The molecule has 1 heterocycles. The van der Waals surface area contributed by atoms with E-state index in [-0.39, 0.29) is 18.7 Å². The van der Waals surface area contributed by atoms with Crippen molar-refractivity contribution < 1.29 is 14.7 Å². The van der Waals surface area contributed by atoms with Gasteiger partial charge >= 0.3 is 5.97 Å². The third kappa shape index (κ3) is 6.35. The summed E-state index contributed by atoms with van der Waals surface area (Å²) in [6.45, 7) is 1.98. The van der Waals surface area contributed by atoms with Crippen LogP contribution in [0.25, 0.3) is 0 Å². The number of benzene rings is 2. The molecule has 8 heteroatoms. The van der Waals surface area contributed by atoms with E-state index >= 15 is 0 Å². The topological polar surface area (TPSA) is 90.5 Å². The fraction of sp³-hybridized carbons (Fsp3) is 0.333. The Labute approximate surface area is 180 Å². The first kappa shape index (κ1) is 23.0. The second kappa shape index (κ2) is 10.5. The first-order valence-corrected chi connectivity index (χ1v) is 9.92. The lowest BCUT2D eigenvalue weighted by atomic mass is 9.92. The molecule has 2 unspecified atom stereocenters. The Balaban J connectivity index is 0.000000941. The molecule has 0 aliphatic carbocycles. The highest BCUT2D eigenvalue weighted by Crippen LogP contribution is 2.39. The van der Waals surface area contributed by atoms with Crippen molar-refractivity contribution in [3.63, 3.8) is 0 Å². The molecule has 156 valence electrons. The van der Waals surface area contributed by atoms with Crippen LogP contribution in [0.3, 0.4) is 0 Å². The van der Waals surface area contributed by atoms with Gasteiger partial charge < -0.3 is 21.1 Å². The van der Waals surface area contributed by atoms with Crippen LogP contribution in [0.2, 0.25) is 10.0 Å². The fourth-order valence-corrected chi connectivity index (χ4v) is 3.71. The van der Waals surface area contributed by atoms with Crippen molar-refractivity contribution in [2.24, 2.45) is 0 Å². The van der Waals surface area contributed by atoms with Crippen LogP contribution in [-0.4, -0.2) is 37.1 Å². The molecule has 2 aromatic rings. The van der Waals surface area contributed by atoms with Gasteiger partial charge in [0, 0.05) is 27.7 Å². The summed E-state index contributed by atoms with van der Waals surface area (Å²) < 4.78 is 0. The summed E-state index contributed by atoms with van der Waals surface area (Å²) in [5.41, 5.74) is 3.20. The second-order valence-electron chi connectivity index (χ2n) is 6.90. The average Bonchev–Trinajstić information content (AvgIpc) is 2.63. The highest BCUT2D eigenvalue weighted by atomic mass is 35.5. The summed E-state index contributed by atoms with van der Waals surface area (Å²) in [5, 5.41) is 18.7. The minimum Gasteiger partial charge on any atom is -0.480 e. The zero-order valence-electron chi connectivity index (χ0n) is 16.6. The molecule has 0 aromatic heterocycles. The molecule has 1 aliphatic rings. The Morgan fingerprint density at radius 2 is 1.79 bits per heavy atom. The van der Waals surface area contributed by atoms with E-state index in [0.717, 1.165) is 11.1 Å². The molecule has 1 amide bonds. The van der Waals surface area contributed by atoms with Crippen LogP contribution in [0.5, 0.6) is 0 Å². The van der Waals surface area contributed by atoms with Gasteiger partial charge in [-0.15, -0.1) is 0 Å². The number of aryl methyl sites for hydroxylation is 1. The molecule has 2 atom stereocenters. The minimum absolute atomic E-state index is 0.193. The Hall–Kier alpha value is -2.28. The van der Waals surface area contributed by atoms with E-state index in [9.17, 15) is 14.7 Å². The average molecular weight is 438 g/mol. The lowest BCUT2D eigenvalue weighted by molar-refractivity contribution is -0.138. The molecule has 3 rings (SSSR count). The van der Waals surface area contributed by atoms with Gasteiger partial charge in [-0.05, 0) is 38.7 Å². The Morgan fingerprint density at radius 3 is 2.38 bits per heavy atom.